The van der Waals surface area contributed by atoms with E-state index < -0.39 is 17.5 Å². The Labute approximate surface area is 90.2 Å². The van der Waals surface area contributed by atoms with Crippen LogP contribution in [0.5, 0.6) is 0 Å². The summed E-state index contributed by atoms with van der Waals surface area (Å²) in [6.07, 6.45) is -4.51. The molecule has 7 heteroatoms. The lowest BCUT2D eigenvalue weighted by Crippen LogP contribution is -2.29. The van der Waals surface area contributed by atoms with E-state index in [1.807, 2.05) is 0 Å². The molecule has 0 radical (unpaired) electrons. The topological polar surface area (TPSA) is 30.7 Å². The van der Waals surface area contributed by atoms with Crippen molar-refractivity contribution < 1.29 is 13.2 Å². The zero-order chi connectivity index (χ0) is 11.9. The minimum absolute atomic E-state index is 0.0969. The summed E-state index contributed by atoms with van der Waals surface area (Å²) in [5.41, 5.74) is -0.751. The monoisotopic (exact) mass is 241 g/mol. The molecule has 1 aromatic heterocycles. The minimum atomic E-state index is -4.51. The van der Waals surface area contributed by atoms with E-state index >= 15 is 0 Å². The summed E-state index contributed by atoms with van der Waals surface area (Å²) < 4.78 is 38.7. The van der Waals surface area contributed by atoms with Crippen LogP contribution in [-0.4, -0.2) is 14.8 Å². The molecule has 0 aliphatic carbocycles. The molecular formula is C8H11ClF3N3. The SMILES string of the molecule is CC(C)(C)n1c(CCl)nnc1C(F)(F)F. The lowest BCUT2D eigenvalue weighted by molar-refractivity contribution is -0.149. The Bertz CT molecular complexity index is 351. The highest BCUT2D eigenvalue weighted by Crippen LogP contribution is 2.32. The third-order valence-electron chi connectivity index (χ3n) is 1.77. The van der Waals surface area contributed by atoms with Crippen molar-refractivity contribution in [3.05, 3.63) is 11.6 Å². The average Bonchev–Trinajstić information content (AvgIpc) is 2.44. The Balaban J connectivity index is 3.37. The van der Waals surface area contributed by atoms with Crippen LogP contribution in [0, 0.1) is 0 Å². The van der Waals surface area contributed by atoms with Gasteiger partial charge in [0.25, 0.3) is 0 Å². The molecule has 0 spiro atoms. The fourth-order valence-electron chi connectivity index (χ4n) is 1.29. The van der Waals surface area contributed by atoms with Gasteiger partial charge in [0.05, 0.1) is 5.88 Å². The van der Waals surface area contributed by atoms with Gasteiger partial charge >= 0.3 is 6.18 Å². The summed E-state index contributed by atoms with van der Waals surface area (Å²) in [6.45, 7) is 4.92. The first-order valence-electron chi connectivity index (χ1n) is 4.26. The van der Waals surface area contributed by atoms with Crippen LogP contribution in [0.2, 0.25) is 0 Å². The van der Waals surface area contributed by atoms with Gasteiger partial charge in [0.15, 0.2) is 0 Å². The molecule has 0 amide bonds. The number of hydrogen-bond acceptors (Lipinski definition) is 2. The summed E-state index contributed by atoms with van der Waals surface area (Å²) in [5.74, 6) is -0.984. The number of halogens is 4. The average molecular weight is 242 g/mol. The maximum absolute atomic E-state index is 12.6. The summed E-state index contributed by atoms with van der Waals surface area (Å²) in [4.78, 5) is 0. The first-order valence-corrected chi connectivity index (χ1v) is 4.79. The fraction of sp³-hybridized carbons (Fsp3) is 0.750. The first kappa shape index (κ1) is 12.3. The van der Waals surface area contributed by atoms with E-state index in [9.17, 15) is 13.2 Å². The quantitative estimate of drug-likeness (QED) is 0.708. The molecule has 0 aliphatic rings. The molecule has 15 heavy (non-hydrogen) atoms. The molecule has 0 saturated carbocycles. The lowest BCUT2D eigenvalue weighted by Gasteiger charge is -2.25. The van der Waals surface area contributed by atoms with Crippen LogP contribution in [0.3, 0.4) is 0 Å². The van der Waals surface area contributed by atoms with Gasteiger partial charge in [0.2, 0.25) is 5.82 Å². The van der Waals surface area contributed by atoms with Crippen molar-refractivity contribution in [1.29, 1.82) is 0 Å². The Morgan fingerprint density at radius 1 is 1.20 bits per heavy atom. The molecule has 1 heterocycles. The molecule has 0 aromatic carbocycles. The van der Waals surface area contributed by atoms with Gasteiger partial charge in [-0.2, -0.15) is 13.2 Å². The van der Waals surface area contributed by atoms with Crippen LogP contribution in [-0.2, 0) is 17.6 Å². The van der Waals surface area contributed by atoms with Crippen LogP contribution in [0.15, 0.2) is 0 Å². The van der Waals surface area contributed by atoms with E-state index in [2.05, 4.69) is 10.2 Å². The van der Waals surface area contributed by atoms with Gasteiger partial charge in [0.1, 0.15) is 5.82 Å². The zero-order valence-electron chi connectivity index (χ0n) is 8.56. The molecular weight excluding hydrogens is 231 g/mol. The molecule has 0 N–H and O–H groups in total. The van der Waals surface area contributed by atoms with Crippen molar-refractivity contribution in [3.63, 3.8) is 0 Å². The smallest absolute Gasteiger partial charge is 0.301 e. The van der Waals surface area contributed by atoms with E-state index in [1.54, 1.807) is 20.8 Å². The number of aromatic nitrogens is 3. The minimum Gasteiger partial charge on any atom is -0.301 e. The summed E-state index contributed by atoms with van der Waals surface area (Å²) in [7, 11) is 0. The van der Waals surface area contributed by atoms with Gasteiger partial charge < -0.3 is 4.57 Å². The first-order chi connectivity index (χ1) is 6.68. The third-order valence-corrected chi connectivity index (χ3v) is 2.01. The predicted octanol–water partition coefficient (Wildman–Crippen LogP) is 2.79. The van der Waals surface area contributed by atoms with Crippen LogP contribution >= 0.6 is 11.6 Å². The standard InChI is InChI=1S/C8H11ClF3N3/c1-7(2,3)15-5(4-9)13-14-6(15)8(10,11)12/h4H2,1-3H3. The van der Waals surface area contributed by atoms with Crippen LogP contribution < -0.4 is 0 Å². The highest BCUT2D eigenvalue weighted by atomic mass is 35.5. The van der Waals surface area contributed by atoms with Crippen molar-refractivity contribution >= 4 is 11.6 Å². The molecule has 1 aromatic rings. The molecule has 0 saturated heterocycles. The van der Waals surface area contributed by atoms with Crippen molar-refractivity contribution in [2.75, 3.05) is 0 Å². The molecule has 0 unspecified atom stereocenters. The second kappa shape index (κ2) is 3.66. The van der Waals surface area contributed by atoms with Gasteiger partial charge in [0, 0.05) is 5.54 Å². The molecule has 0 aliphatic heterocycles. The van der Waals surface area contributed by atoms with Gasteiger partial charge in [-0.05, 0) is 20.8 Å². The predicted molar refractivity (Wildman–Crippen MR) is 49.6 cm³/mol. The molecule has 3 nitrogen and oxygen atoms in total. The number of nitrogens with zero attached hydrogens (tertiary/aromatic N) is 3. The van der Waals surface area contributed by atoms with Crippen molar-refractivity contribution in [2.24, 2.45) is 0 Å². The van der Waals surface area contributed by atoms with Crippen LogP contribution in [0.1, 0.15) is 32.4 Å². The maximum Gasteiger partial charge on any atom is 0.451 e. The Morgan fingerprint density at radius 3 is 2.07 bits per heavy atom. The maximum atomic E-state index is 12.6. The Hall–Kier alpha value is -0.780. The second-order valence-electron chi connectivity index (χ2n) is 4.08. The van der Waals surface area contributed by atoms with E-state index in [0.29, 0.717) is 0 Å². The fourth-order valence-corrected chi connectivity index (χ4v) is 1.46. The molecule has 0 bridgehead atoms. The highest BCUT2D eigenvalue weighted by molar-refractivity contribution is 6.16. The van der Waals surface area contributed by atoms with Crippen LogP contribution in [0.25, 0.3) is 0 Å². The summed E-state index contributed by atoms with van der Waals surface area (Å²) in [5, 5.41) is 6.56. The number of hydrogen-bond donors (Lipinski definition) is 0. The summed E-state index contributed by atoms with van der Waals surface area (Å²) in [6, 6.07) is 0. The lowest BCUT2D eigenvalue weighted by atomic mass is 10.1. The van der Waals surface area contributed by atoms with Gasteiger partial charge in [-0.3, -0.25) is 0 Å². The molecule has 1 rings (SSSR count). The summed E-state index contributed by atoms with van der Waals surface area (Å²) >= 11 is 5.51. The van der Waals surface area contributed by atoms with Gasteiger partial charge in [-0.15, -0.1) is 21.8 Å². The molecule has 0 atom stereocenters. The zero-order valence-corrected chi connectivity index (χ0v) is 9.32. The normalized spacial score (nSPS) is 13.3. The largest absolute Gasteiger partial charge is 0.451 e. The highest BCUT2D eigenvalue weighted by Gasteiger charge is 2.40. The van der Waals surface area contributed by atoms with E-state index in [4.69, 9.17) is 11.6 Å². The van der Waals surface area contributed by atoms with E-state index in [0.717, 1.165) is 4.57 Å². The van der Waals surface area contributed by atoms with Crippen molar-refractivity contribution in [1.82, 2.24) is 14.8 Å². The van der Waals surface area contributed by atoms with E-state index in [-0.39, 0.29) is 11.7 Å². The van der Waals surface area contributed by atoms with E-state index in [1.165, 1.54) is 0 Å². The Morgan fingerprint density at radius 2 is 1.73 bits per heavy atom. The number of alkyl halides is 4. The van der Waals surface area contributed by atoms with Crippen LogP contribution in [0.4, 0.5) is 13.2 Å². The third kappa shape index (κ3) is 2.42. The number of rotatable bonds is 1. The second-order valence-corrected chi connectivity index (χ2v) is 4.34. The Kier molecular flexibility index (Phi) is 3.00. The van der Waals surface area contributed by atoms with Crippen molar-refractivity contribution in [2.45, 2.75) is 38.4 Å². The van der Waals surface area contributed by atoms with Gasteiger partial charge in [-0.1, -0.05) is 0 Å². The van der Waals surface area contributed by atoms with Gasteiger partial charge in [-0.25, -0.2) is 0 Å². The molecule has 0 fully saturated rings. The molecule has 86 valence electrons. The van der Waals surface area contributed by atoms with Crippen molar-refractivity contribution in [3.8, 4) is 0 Å².